The Labute approximate surface area is 208 Å². The molecule has 1 atom stereocenters. The zero-order valence-corrected chi connectivity index (χ0v) is 20.4. The molecule has 0 aliphatic carbocycles. The predicted molar refractivity (Wildman–Crippen MR) is 134 cm³/mol. The van der Waals surface area contributed by atoms with E-state index in [1.165, 1.54) is 37.6 Å². The molecule has 1 saturated heterocycles. The number of halogens is 2. The van der Waals surface area contributed by atoms with Gasteiger partial charge in [0, 0.05) is 31.9 Å². The Hall–Kier alpha value is -3.63. The van der Waals surface area contributed by atoms with Crippen LogP contribution in [-0.2, 0) is 0 Å². The Morgan fingerprint density at radius 1 is 1.28 bits per heavy atom. The van der Waals surface area contributed by atoms with E-state index in [1.54, 1.807) is 12.1 Å². The lowest BCUT2D eigenvalue weighted by Crippen LogP contribution is -2.52. The Kier molecular flexibility index (Phi) is 7.76. The van der Waals surface area contributed by atoms with E-state index in [0.717, 1.165) is 0 Å². The topological polar surface area (TPSA) is 99.6 Å². The molecule has 8 nitrogen and oxygen atoms in total. The molecule has 4 rings (SSSR count). The fourth-order valence-electron chi connectivity index (χ4n) is 4.23. The van der Waals surface area contributed by atoms with Crippen LogP contribution in [0.25, 0.3) is 11.4 Å². The summed E-state index contributed by atoms with van der Waals surface area (Å²) in [7, 11) is 1.41. The molecule has 3 aromatic rings. The van der Waals surface area contributed by atoms with E-state index < -0.39 is 17.5 Å². The number of nitrogens with zero attached hydrogens (tertiary/aromatic N) is 3. The van der Waals surface area contributed by atoms with Crippen molar-refractivity contribution < 1.29 is 23.4 Å². The minimum atomic E-state index is -0.597. The van der Waals surface area contributed by atoms with Crippen LogP contribution in [0.1, 0.15) is 35.8 Å². The van der Waals surface area contributed by atoms with Crippen molar-refractivity contribution in [3.05, 3.63) is 65.5 Å². The highest BCUT2D eigenvalue weighted by atomic mass is 19.1. The second-order valence-electron chi connectivity index (χ2n) is 8.86. The van der Waals surface area contributed by atoms with Gasteiger partial charge >= 0.3 is 0 Å². The Bertz CT molecular complexity index is 1250. The molecule has 0 saturated carbocycles. The van der Waals surface area contributed by atoms with Crippen LogP contribution in [0.3, 0.4) is 0 Å². The molecule has 0 radical (unpaired) electrons. The number of hydrogen-bond acceptors (Lipinski definition) is 7. The van der Waals surface area contributed by atoms with E-state index in [0.29, 0.717) is 30.9 Å². The molecular weight excluding hydrogens is 468 g/mol. The molecule has 1 aliphatic heterocycles. The van der Waals surface area contributed by atoms with Gasteiger partial charge in [-0.3, -0.25) is 4.79 Å². The second-order valence-corrected chi connectivity index (χ2v) is 8.86. The fraction of sp³-hybridized carbons (Fsp3) is 0.346. The number of amides is 1. The van der Waals surface area contributed by atoms with E-state index >= 15 is 0 Å². The molecule has 1 aromatic heterocycles. The normalized spacial score (nSPS) is 15.8. The maximum Gasteiger partial charge on any atom is 0.274 e. The average molecular weight is 498 g/mol. The van der Waals surface area contributed by atoms with Crippen molar-refractivity contribution in [2.24, 2.45) is 0 Å². The van der Waals surface area contributed by atoms with Crippen LogP contribution in [0.2, 0.25) is 0 Å². The van der Waals surface area contributed by atoms with Crippen LogP contribution in [0.4, 0.5) is 20.2 Å². The van der Waals surface area contributed by atoms with Gasteiger partial charge in [0.05, 0.1) is 30.7 Å². The molecule has 190 valence electrons. The van der Waals surface area contributed by atoms with Gasteiger partial charge in [-0.2, -0.15) is 0 Å². The molecule has 10 heteroatoms. The van der Waals surface area contributed by atoms with Crippen molar-refractivity contribution in [1.29, 1.82) is 0 Å². The number of methoxy groups -OCH3 is 1. The maximum atomic E-state index is 15.0. The van der Waals surface area contributed by atoms with Crippen molar-refractivity contribution in [3.8, 4) is 17.1 Å². The predicted octanol–water partition coefficient (Wildman–Crippen LogP) is 3.58. The molecule has 3 N–H and O–H groups in total. The van der Waals surface area contributed by atoms with Crippen molar-refractivity contribution in [2.75, 3.05) is 43.6 Å². The summed E-state index contributed by atoms with van der Waals surface area (Å²) in [6.45, 7) is 5.50. The summed E-state index contributed by atoms with van der Waals surface area (Å²) in [5, 5.41) is 15.6. The quantitative estimate of drug-likeness (QED) is 0.459. The zero-order valence-electron chi connectivity index (χ0n) is 20.4. The van der Waals surface area contributed by atoms with Crippen LogP contribution in [-0.4, -0.2) is 60.4 Å². The average Bonchev–Trinajstić information content (AvgIpc) is 2.88. The molecule has 1 fully saturated rings. The van der Waals surface area contributed by atoms with E-state index in [2.05, 4.69) is 20.6 Å². The molecular formula is C26H29F2N5O3. The first-order chi connectivity index (χ1) is 17.3. The summed E-state index contributed by atoms with van der Waals surface area (Å²) in [4.78, 5) is 23.6. The second kappa shape index (κ2) is 11.0. The van der Waals surface area contributed by atoms with Crippen molar-refractivity contribution in [2.45, 2.75) is 25.8 Å². The molecule has 0 bridgehead atoms. The van der Waals surface area contributed by atoms with Crippen molar-refractivity contribution in [3.63, 3.8) is 0 Å². The Morgan fingerprint density at radius 3 is 2.81 bits per heavy atom. The number of hydrogen-bond donors (Lipinski definition) is 3. The first-order valence-corrected chi connectivity index (χ1v) is 11.7. The van der Waals surface area contributed by atoms with Crippen molar-refractivity contribution in [1.82, 2.24) is 15.3 Å². The third kappa shape index (κ3) is 5.29. The molecule has 2 aromatic carbocycles. The molecule has 1 aliphatic rings. The van der Waals surface area contributed by atoms with Gasteiger partial charge in [-0.25, -0.2) is 18.7 Å². The van der Waals surface area contributed by atoms with Gasteiger partial charge < -0.3 is 25.4 Å². The molecule has 1 amide bonds. The lowest BCUT2D eigenvalue weighted by Gasteiger charge is -2.36. The van der Waals surface area contributed by atoms with Gasteiger partial charge in [0.25, 0.3) is 5.91 Å². The number of nitrogens with one attached hydrogen (secondary N) is 2. The standard InChI is InChI=1S/C26H29F2N5O3/c1-15(2)17-11-22(33-10-9-29-16(13-33)14-34)21(12-19(17)28)32-26(35)20-7-8-30-25(31-20)24-18(27)5-4-6-23(24)36-3/h4-8,11-12,15-16,29,34H,9-10,13-14H2,1-3H3,(H,32,35). The van der Waals surface area contributed by atoms with Gasteiger partial charge in [0.1, 0.15) is 23.1 Å². The summed E-state index contributed by atoms with van der Waals surface area (Å²) in [6, 6.07) is 8.64. The first-order valence-electron chi connectivity index (χ1n) is 11.7. The monoisotopic (exact) mass is 497 g/mol. The number of carbonyl (C=O) groups excluding carboxylic acids is 1. The van der Waals surface area contributed by atoms with Crippen molar-refractivity contribution >= 4 is 17.3 Å². The summed E-state index contributed by atoms with van der Waals surface area (Å²) >= 11 is 0. The van der Waals surface area contributed by atoms with Gasteiger partial charge in [-0.1, -0.05) is 19.9 Å². The van der Waals surface area contributed by atoms with Crippen LogP contribution in [0.15, 0.2) is 42.6 Å². The summed E-state index contributed by atoms with van der Waals surface area (Å²) in [5.74, 6) is -1.45. The third-order valence-electron chi connectivity index (χ3n) is 6.11. The summed E-state index contributed by atoms with van der Waals surface area (Å²) < 4.78 is 34.7. The number of rotatable bonds is 7. The van der Waals surface area contributed by atoms with Gasteiger partial charge in [0.2, 0.25) is 0 Å². The van der Waals surface area contributed by atoms with Gasteiger partial charge in [-0.15, -0.1) is 0 Å². The number of piperazine rings is 1. The highest BCUT2D eigenvalue weighted by Gasteiger charge is 2.24. The number of aliphatic hydroxyl groups excluding tert-OH is 1. The summed E-state index contributed by atoms with van der Waals surface area (Å²) in [6.07, 6.45) is 1.36. The number of aromatic nitrogens is 2. The minimum absolute atomic E-state index is 0.00736. The van der Waals surface area contributed by atoms with E-state index in [-0.39, 0.29) is 47.1 Å². The number of aliphatic hydroxyl groups is 1. The van der Waals surface area contributed by atoms with E-state index in [1.807, 2.05) is 18.7 Å². The number of benzene rings is 2. The lowest BCUT2D eigenvalue weighted by molar-refractivity contribution is 0.102. The molecule has 1 unspecified atom stereocenters. The van der Waals surface area contributed by atoms with Crippen LogP contribution >= 0.6 is 0 Å². The van der Waals surface area contributed by atoms with E-state index in [4.69, 9.17) is 4.74 Å². The SMILES string of the molecule is COc1cccc(F)c1-c1nccc(C(=O)Nc2cc(F)c(C(C)C)cc2N2CCNC(CO)C2)n1. The fourth-order valence-corrected chi connectivity index (χ4v) is 4.23. The van der Waals surface area contributed by atoms with Crippen LogP contribution in [0, 0.1) is 11.6 Å². The van der Waals surface area contributed by atoms with Crippen LogP contribution < -0.4 is 20.3 Å². The highest BCUT2D eigenvalue weighted by molar-refractivity contribution is 6.05. The lowest BCUT2D eigenvalue weighted by atomic mass is 10.00. The molecule has 0 spiro atoms. The third-order valence-corrected chi connectivity index (χ3v) is 6.11. The minimum Gasteiger partial charge on any atom is -0.496 e. The molecule has 2 heterocycles. The summed E-state index contributed by atoms with van der Waals surface area (Å²) in [5.41, 5.74) is 1.48. The molecule has 36 heavy (non-hydrogen) atoms. The zero-order chi connectivity index (χ0) is 25.8. The Morgan fingerprint density at radius 2 is 2.08 bits per heavy atom. The number of ether oxygens (including phenoxy) is 1. The van der Waals surface area contributed by atoms with Crippen LogP contribution in [0.5, 0.6) is 5.75 Å². The van der Waals surface area contributed by atoms with E-state index in [9.17, 15) is 18.7 Å². The number of carbonyl (C=O) groups is 1. The highest BCUT2D eigenvalue weighted by Crippen LogP contribution is 2.34. The largest absolute Gasteiger partial charge is 0.496 e. The first kappa shape index (κ1) is 25.5. The number of anilines is 2. The smallest absolute Gasteiger partial charge is 0.274 e. The van der Waals surface area contributed by atoms with Gasteiger partial charge in [-0.05, 0) is 41.8 Å². The van der Waals surface area contributed by atoms with Gasteiger partial charge in [0.15, 0.2) is 5.82 Å². The Balaban J connectivity index is 1.69. The maximum absolute atomic E-state index is 15.0.